The molecule has 1 unspecified atom stereocenters. The Labute approximate surface area is 108 Å². The van der Waals surface area contributed by atoms with Crippen molar-refractivity contribution in [2.45, 2.75) is 20.0 Å². The number of aliphatic hydroxyl groups is 1. The molecule has 60 valence electrons. The Morgan fingerprint density at radius 3 is 2.27 bits per heavy atom. The van der Waals surface area contributed by atoms with Crippen LogP contribution in [0.25, 0.3) is 0 Å². The Hall–Kier alpha value is 0.796. The van der Waals surface area contributed by atoms with Crippen LogP contribution in [0, 0.1) is 11.1 Å². The van der Waals surface area contributed by atoms with Crippen LogP contribution in [-0.4, -0.2) is 27.8 Å². The summed E-state index contributed by atoms with van der Waals surface area (Å²) in [6.07, 6.45) is -0.742. The fourth-order valence-electron chi connectivity index (χ4n) is 0.407. The van der Waals surface area contributed by atoms with E-state index in [0.29, 0.717) is 0 Å². The Balaban J connectivity index is 0. The van der Waals surface area contributed by atoms with Crippen molar-refractivity contribution in [3.05, 3.63) is 5.21 Å². The first-order valence-electron chi connectivity index (χ1n) is 3.05. The maximum atomic E-state index is 10.3. The predicted octanol–water partition coefficient (Wildman–Crippen LogP) is -2.64. The molecule has 0 rings (SSSR count). The summed E-state index contributed by atoms with van der Waals surface area (Å²) in [5.41, 5.74) is 0. The zero-order chi connectivity index (χ0) is 8.15. The summed E-state index contributed by atoms with van der Waals surface area (Å²) in [7, 11) is 0. The third-order valence-electron chi connectivity index (χ3n) is 1.21. The van der Waals surface area contributed by atoms with E-state index in [4.69, 9.17) is 10.3 Å². The van der Waals surface area contributed by atoms with Crippen LogP contribution in [0.5, 0.6) is 0 Å². The fraction of sp³-hybridized carbons (Fsp3) is 1.00. The van der Waals surface area contributed by atoms with Gasteiger partial charge in [-0.05, 0) is 5.92 Å². The van der Waals surface area contributed by atoms with Crippen LogP contribution in [0.1, 0.15) is 13.8 Å². The quantitative estimate of drug-likeness (QED) is 0.219. The largest absolute Gasteiger partial charge is 1.00 e. The van der Waals surface area contributed by atoms with E-state index in [9.17, 15) is 5.21 Å². The van der Waals surface area contributed by atoms with Gasteiger partial charge in [-0.25, -0.2) is 0 Å². The molecular weight excluding hydrogens is 175 g/mol. The van der Waals surface area contributed by atoms with E-state index < -0.39 is 6.10 Å². The van der Waals surface area contributed by atoms with Crippen molar-refractivity contribution >= 4 is 0 Å². The average molecular weight is 187 g/mol. The Kier molecular flexibility index (Phi) is 9.70. The molecule has 0 saturated heterocycles. The van der Waals surface area contributed by atoms with Crippen LogP contribution in [0.15, 0.2) is 5.28 Å². The molecule has 0 fully saturated rings. The van der Waals surface area contributed by atoms with Crippen molar-refractivity contribution in [1.82, 2.24) is 0 Å². The molecule has 6 heteroatoms. The van der Waals surface area contributed by atoms with E-state index in [0.717, 1.165) is 0 Å². The normalized spacial score (nSPS) is 14.4. The second kappa shape index (κ2) is 7.45. The van der Waals surface area contributed by atoms with Gasteiger partial charge < -0.3 is 15.5 Å². The Bertz CT molecular complexity index is 129. The van der Waals surface area contributed by atoms with Gasteiger partial charge in [-0.1, -0.05) is 18.7 Å². The van der Waals surface area contributed by atoms with Crippen LogP contribution in [-0.2, 0) is 0 Å². The van der Waals surface area contributed by atoms with Gasteiger partial charge in [-0.15, -0.1) is 0 Å². The van der Waals surface area contributed by atoms with Crippen molar-refractivity contribution in [3.63, 3.8) is 0 Å². The second-order valence-corrected chi connectivity index (χ2v) is 2.44. The van der Waals surface area contributed by atoms with Crippen molar-refractivity contribution in [2.24, 2.45) is 11.2 Å². The van der Waals surface area contributed by atoms with Gasteiger partial charge in [0.15, 0.2) is 5.28 Å². The molecule has 0 radical (unpaired) electrons. The average Bonchev–Trinajstić information content (AvgIpc) is 1.87. The van der Waals surface area contributed by atoms with Gasteiger partial charge in [0.2, 0.25) is 6.54 Å². The number of hydrogen-bond donors (Lipinski definition) is 2. The summed E-state index contributed by atoms with van der Waals surface area (Å²) in [6, 6.07) is 0. The minimum Gasteiger partial charge on any atom is -0.597 e. The molecule has 0 amide bonds. The smallest absolute Gasteiger partial charge is 0.597 e. The number of aliphatic hydroxyl groups excluding tert-OH is 1. The van der Waals surface area contributed by atoms with Gasteiger partial charge in [-0.3, -0.25) is 0 Å². The molecule has 0 aromatic heterocycles. The zero-order valence-corrected chi connectivity index (χ0v) is 10.2. The van der Waals surface area contributed by atoms with Crippen molar-refractivity contribution in [3.8, 4) is 0 Å². The number of nitrogens with zero attached hydrogens (tertiary/aromatic N) is 2. The van der Waals surface area contributed by atoms with Crippen molar-refractivity contribution < 1.29 is 66.6 Å². The summed E-state index contributed by atoms with van der Waals surface area (Å²) in [5, 5.41) is 29.5. The van der Waals surface area contributed by atoms with Crippen LogP contribution < -0.4 is 51.4 Å². The molecule has 0 aromatic carbocycles. The monoisotopic (exact) mass is 187 g/mol. The molecule has 0 aliphatic heterocycles. The SMILES string of the molecule is CC(C)C(O)C[N+]([O-])=NO.[K+]. The van der Waals surface area contributed by atoms with E-state index in [-0.39, 0.29) is 68.7 Å². The maximum absolute atomic E-state index is 10.3. The first-order chi connectivity index (χ1) is 4.57. The third kappa shape index (κ3) is 7.17. The van der Waals surface area contributed by atoms with Gasteiger partial charge in [0.25, 0.3) is 0 Å². The topological polar surface area (TPSA) is 78.9 Å². The van der Waals surface area contributed by atoms with Gasteiger partial charge in [-0.2, -0.15) is 0 Å². The first-order valence-corrected chi connectivity index (χ1v) is 3.05. The van der Waals surface area contributed by atoms with Gasteiger partial charge in [0.05, 0.1) is 0 Å². The molecule has 0 saturated carbocycles. The molecule has 0 aliphatic carbocycles. The fourth-order valence-corrected chi connectivity index (χ4v) is 0.407. The molecule has 5 nitrogen and oxygen atoms in total. The standard InChI is InChI=1S/C5H12N2O3.K/c1-4(2)5(8)3-7(10)6-9;/h4-5,8-9H,3H2,1-2H3;/q;+1. The molecule has 0 bridgehead atoms. The summed E-state index contributed by atoms with van der Waals surface area (Å²) < 4.78 is 0. The molecule has 0 aromatic rings. The molecule has 2 N–H and O–H groups in total. The molecule has 11 heavy (non-hydrogen) atoms. The minimum absolute atomic E-state index is 0. The summed E-state index contributed by atoms with van der Waals surface area (Å²) in [4.78, 5) is 0.0463. The summed E-state index contributed by atoms with van der Waals surface area (Å²) in [6.45, 7) is 3.36. The summed E-state index contributed by atoms with van der Waals surface area (Å²) >= 11 is 0. The third-order valence-corrected chi connectivity index (χ3v) is 1.21. The van der Waals surface area contributed by atoms with Crippen LogP contribution >= 0.6 is 0 Å². The Morgan fingerprint density at radius 1 is 1.55 bits per heavy atom. The van der Waals surface area contributed by atoms with E-state index in [2.05, 4.69) is 5.28 Å². The number of rotatable bonds is 3. The molecule has 0 heterocycles. The van der Waals surface area contributed by atoms with Gasteiger partial charge in [0, 0.05) is 0 Å². The number of hydroxylamine groups is 1. The molecule has 0 spiro atoms. The van der Waals surface area contributed by atoms with Crippen LogP contribution in [0.3, 0.4) is 0 Å². The predicted molar refractivity (Wildman–Crippen MR) is 33.6 cm³/mol. The minimum atomic E-state index is -0.742. The van der Waals surface area contributed by atoms with Crippen LogP contribution in [0.4, 0.5) is 0 Å². The zero-order valence-electron chi connectivity index (χ0n) is 7.06. The van der Waals surface area contributed by atoms with E-state index in [1.165, 1.54) is 0 Å². The molecular formula is C5H12KN2O3+. The number of hydrogen-bond acceptors (Lipinski definition) is 3. The Morgan fingerprint density at radius 2 is 2.00 bits per heavy atom. The molecule has 1 atom stereocenters. The van der Waals surface area contributed by atoms with Crippen molar-refractivity contribution in [2.75, 3.05) is 6.54 Å². The van der Waals surface area contributed by atoms with E-state index in [1.54, 1.807) is 13.8 Å². The van der Waals surface area contributed by atoms with Gasteiger partial charge in [0.1, 0.15) is 6.10 Å². The van der Waals surface area contributed by atoms with Gasteiger partial charge >= 0.3 is 51.4 Å². The molecule has 0 aliphatic rings. The van der Waals surface area contributed by atoms with E-state index in [1.807, 2.05) is 0 Å². The first kappa shape index (κ1) is 14.3. The maximum Gasteiger partial charge on any atom is 1.00 e. The summed E-state index contributed by atoms with van der Waals surface area (Å²) in [5.74, 6) is -0.00167. The van der Waals surface area contributed by atoms with E-state index >= 15 is 0 Å². The second-order valence-electron chi connectivity index (χ2n) is 2.44. The van der Waals surface area contributed by atoms with Crippen LogP contribution in [0.2, 0.25) is 0 Å². The van der Waals surface area contributed by atoms with Crippen molar-refractivity contribution in [1.29, 1.82) is 0 Å².